The lowest BCUT2D eigenvalue weighted by atomic mass is 10.2. The Morgan fingerprint density at radius 2 is 1.62 bits per heavy atom. The first kappa shape index (κ1) is 17.9. The van der Waals surface area contributed by atoms with Gasteiger partial charge in [-0.15, -0.1) is 0 Å². The van der Waals surface area contributed by atoms with Crippen LogP contribution < -0.4 is 20.1 Å². The number of ether oxygens (including phenoxy) is 2. The molecule has 0 saturated carbocycles. The Morgan fingerprint density at radius 1 is 0.962 bits per heavy atom. The molecule has 0 aromatic heterocycles. The second-order valence-electron chi connectivity index (χ2n) is 5.66. The molecule has 8 heteroatoms. The molecule has 138 valence electrons. The largest absolute Gasteiger partial charge is 0.486 e. The molecular formula is C18H17F3N2O3. The van der Waals surface area contributed by atoms with Gasteiger partial charge in [0.05, 0.1) is 5.56 Å². The molecule has 0 fully saturated rings. The first-order valence-corrected chi connectivity index (χ1v) is 8.02. The van der Waals surface area contributed by atoms with Gasteiger partial charge in [-0.2, -0.15) is 13.2 Å². The van der Waals surface area contributed by atoms with Crippen LogP contribution >= 0.6 is 0 Å². The van der Waals surface area contributed by atoms with Gasteiger partial charge in [0.1, 0.15) is 13.2 Å². The van der Waals surface area contributed by atoms with E-state index < -0.39 is 11.7 Å². The zero-order chi connectivity index (χ0) is 18.6. The smallest absolute Gasteiger partial charge is 0.416 e. The molecular weight excluding hydrogens is 349 g/mol. The normalized spacial score (nSPS) is 13.2. The maximum Gasteiger partial charge on any atom is 0.416 e. The molecule has 0 aliphatic carbocycles. The first-order valence-electron chi connectivity index (χ1n) is 8.02. The number of rotatable bonds is 5. The van der Waals surface area contributed by atoms with Gasteiger partial charge in [-0.05, 0) is 36.4 Å². The number of hydrogen-bond donors (Lipinski definition) is 2. The fraction of sp³-hybridized carbons (Fsp3) is 0.278. The van der Waals surface area contributed by atoms with Crippen LogP contribution in [0.4, 0.5) is 24.5 Å². The summed E-state index contributed by atoms with van der Waals surface area (Å²) in [6.45, 7) is 1.25. The third-order valence-corrected chi connectivity index (χ3v) is 3.72. The van der Waals surface area contributed by atoms with Crippen LogP contribution in [0.15, 0.2) is 42.5 Å². The van der Waals surface area contributed by atoms with E-state index in [-0.39, 0.29) is 12.3 Å². The van der Waals surface area contributed by atoms with Gasteiger partial charge < -0.3 is 20.1 Å². The SMILES string of the molecule is O=C(CCNc1ccc(C(F)(F)F)cc1)Nc1ccc2c(c1)OCCO2. The summed E-state index contributed by atoms with van der Waals surface area (Å²) in [5.74, 6) is 0.997. The molecule has 0 atom stereocenters. The van der Waals surface area contributed by atoms with Gasteiger partial charge in [-0.3, -0.25) is 4.79 Å². The van der Waals surface area contributed by atoms with Gasteiger partial charge in [0.2, 0.25) is 5.91 Å². The number of alkyl halides is 3. The summed E-state index contributed by atoms with van der Waals surface area (Å²) >= 11 is 0. The van der Waals surface area contributed by atoms with Crippen molar-refractivity contribution in [3.8, 4) is 11.5 Å². The van der Waals surface area contributed by atoms with Crippen molar-refractivity contribution < 1.29 is 27.4 Å². The van der Waals surface area contributed by atoms with E-state index in [2.05, 4.69) is 10.6 Å². The average Bonchev–Trinajstić information content (AvgIpc) is 2.61. The number of anilines is 2. The van der Waals surface area contributed by atoms with E-state index >= 15 is 0 Å². The summed E-state index contributed by atoms with van der Waals surface area (Å²) in [6.07, 6.45) is -4.20. The molecule has 2 aromatic carbocycles. The monoisotopic (exact) mass is 366 g/mol. The van der Waals surface area contributed by atoms with Gasteiger partial charge in [0.25, 0.3) is 0 Å². The minimum absolute atomic E-state index is 0.162. The number of nitrogens with one attached hydrogen (secondary N) is 2. The highest BCUT2D eigenvalue weighted by Gasteiger charge is 2.29. The van der Waals surface area contributed by atoms with Gasteiger partial charge >= 0.3 is 6.18 Å². The summed E-state index contributed by atoms with van der Waals surface area (Å²) in [5.41, 5.74) is 0.401. The van der Waals surface area contributed by atoms with Crippen molar-refractivity contribution in [1.29, 1.82) is 0 Å². The number of carbonyl (C=O) groups is 1. The van der Waals surface area contributed by atoms with Crippen LogP contribution in [0, 0.1) is 0 Å². The topological polar surface area (TPSA) is 59.6 Å². The lowest BCUT2D eigenvalue weighted by Crippen LogP contribution is -2.18. The van der Waals surface area contributed by atoms with Crippen LogP contribution in [0.25, 0.3) is 0 Å². The summed E-state index contributed by atoms with van der Waals surface area (Å²) < 4.78 is 48.4. The third-order valence-electron chi connectivity index (χ3n) is 3.72. The summed E-state index contributed by atoms with van der Waals surface area (Å²) in [5, 5.41) is 5.66. The van der Waals surface area contributed by atoms with E-state index in [0.29, 0.717) is 42.6 Å². The molecule has 0 spiro atoms. The summed E-state index contributed by atoms with van der Waals surface area (Å²) in [4.78, 5) is 12.0. The van der Waals surface area contributed by atoms with E-state index in [1.807, 2.05) is 0 Å². The molecule has 1 aliphatic heterocycles. The van der Waals surface area contributed by atoms with E-state index in [0.717, 1.165) is 12.1 Å². The van der Waals surface area contributed by atoms with E-state index in [1.165, 1.54) is 12.1 Å². The van der Waals surface area contributed by atoms with Crippen molar-refractivity contribution in [3.05, 3.63) is 48.0 Å². The molecule has 1 aliphatic rings. The molecule has 2 aromatic rings. The molecule has 2 N–H and O–H groups in total. The molecule has 0 radical (unpaired) electrons. The Bertz CT molecular complexity index is 776. The van der Waals surface area contributed by atoms with Crippen molar-refractivity contribution in [2.24, 2.45) is 0 Å². The molecule has 0 bridgehead atoms. The number of hydrogen-bond acceptors (Lipinski definition) is 4. The van der Waals surface area contributed by atoms with Crippen molar-refractivity contribution in [3.63, 3.8) is 0 Å². The third kappa shape index (κ3) is 4.59. The average molecular weight is 366 g/mol. The number of halogens is 3. The van der Waals surface area contributed by atoms with E-state index in [9.17, 15) is 18.0 Å². The Labute approximate surface area is 148 Å². The highest BCUT2D eigenvalue weighted by atomic mass is 19.4. The molecule has 3 rings (SSSR count). The Balaban J connectivity index is 1.47. The maximum atomic E-state index is 12.5. The lowest BCUT2D eigenvalue weighted by molar-refractivity contribution is -0.137. The second-order valence-corrected chi connectivity index (χ2v) is 5.66. The van der Waals surface area contributed by atoms with Crippen molar-refractivity contribution in [2.45, 2.75) is 12.6 Å². The fourth-order valence-corrected chi connectivity index (χ4v) is 2.44. The highest BCUT2D eigenvalue weighted by Crippen LogP contribution is 2.32. The van der Waals surface area contributed by atoms with Crippen molar-refractivity contribution in [2.75, 3.05) is 30.4 Å². The fourth-order valence-electron chi connectivity index (χ4n) is 2.44. The van der Waals surface area contributed by atoms with Gasteiger partial charge in [-0.25, -0.2) is 0 Å². The maximum absolute atomic E-state index is 12.5. The number of fused-ring (bicyclic) bond motifs is 1. The number of benzene rings is 2. The predicted molar refractivity (Wildman–Crippen MR) is 90.6 cm³/mol. The standard InChI is InChI=1S/C18H17F3N2O3/c19-18(20,21)12-1-3-13(4-2-12)22-8-7-17(24)23-14-5-6-15-16(11-14)26-10-9-25-15/h1-6,11,22H,7-10H2,(H,23,24). The van der Waals surface area contributed by atoms with Crippen molar-refractivity contribution >= 4 is 17.3 Å². The predicted octanol–water partition coefficient (Wildman–Crippen LogP) is 3.92. The molecule has 1 amide bonds. The van der Waals surface area contributed by atoms with Gasteiger partial charge in [0, 0.05) is 30.4 Å². The highest BCUT2D eigenvalue weighted by molar-refractivity contribution is 5.91. The number of carbonyl (C=O) groups excluding carboxylic acids is 1. The number of amides is 1. The molecule has 1 heterocycles. The Hall–Kier alpha value is -2.90. The second kappa shape index (κ2) is 7.55. The zero-order valence-electron chi connectivity index (χ0n) is 13.7. The first-order chi connectivity index (χ1) is 12.4. The van der Waals surface area contributed by atoms with E-state index in [1.54, 1.807) is 18.2 Å². The van der Waals surface area contributed by atoms with Crippen molar-refractivity contribution in [1.82, 2.24) is 0 Å². The Morgan fingerprint density at radius 3 is 2.31 bits per heavy atom. The molecule has 5 nitrogen and oxygen atoms in total. The summed E-state index contributed by atoms with van der Waals surface area (Å²) in [6, 6.07) is 9.80. The quantitative estimate of drug-likeness (QED) is 0.842. The molecule has 26 heavy (non-hydrogen) atoms. The van der Waals surface area contributed by atoms with Crippen LogP contribution in [0.2, 0.25) is 0 Å². The molecule has 0 unspecified atom stereocenters. The minimum atomic E-state index is -4.36. The lowest BCUT2D eigenvalue weighted by Gasteiger charge is -2.19. The van der Waals surface area contributed by atoms with Gasteiger partial charge in [0.15, 0.2) is 11.5 Å². The molecule has 0 saturated heterocycles. The minimum Gasteiger partial charge on any atom is -0.486 e. The van der Waals surface area contributed by atoms with Crippen LogP contribution in [0.5, 0.6) is 11.5 Å². The Kier molecular flexibility index (Phi) is 5.20. The van der Waals surface area contributed by atoms with Crippen LogP contribution in [-0.2, 0) is 11.0 Å². The zero-order valence-corrected chi connectivity index (χ0v) is 13.7. The van der Waals surface area contributed by atoms with Gasteiger partial charge in [-0.1, -0.05) is 0 Å². The van der Waals surface area contributed by atoms with Crippen LogP contribution in [-0.4, -0.2) is 25.7 Å². The van der Waals surface area contributed by atoms with Crippen LogP contribution in [0.3, 0.4) is 0 Å². The van der Waals surface area contributed by atoms with Crippen LogP contribution in [0.1, 0.15) is 12.0 Å². The van der Waals surface area contributed by atoms with E-state index in [4.69, 9.17) is 9.47 Å². The summed E-state index contributed by atoms with van der Waals surface area (Å²) in [7, 11) is 0.